The first-order valence-corrected chi connectivity index (χ1v) is 8.20. The van der Waals surface area contributed by atoms with Crippen LogP contribution in [0.2, 0.25) is 0 Å². The van der Waals surface area contributed by atoms with Crippen LogP contribution in [0.15, 0.2) is 0 Å². The fourth-order valence-corrected chi connectivity index (χ4v) is 2.46. The van der Waals surface area contributed by atoms with Crippen LogP contribution in [0.5, 0.6) is 0 Å². The SMILES string of the molecule is CCCNC(=O)N(C)CC1CCN(C(=O)OC(C)(C)C)CC1. The lowest BCUT2D eigenvalue weighted by Crippen LogP contribution is -2.45. The molecule has 128 valence electrons. The van der Waals surface area contributed by atoms with Gasteiger partial charge in [0.1, 0.15) is 5.60 Å². The molecule has 0 bridgehead atoms. The van der Waals surface area contributed by atoms with Gasteiger partial charge in [0, 0.05) is 33.2 Å². The molecule has 1 rings (SSSR count). The third-order valence-corrected chi connectivity index (χ3v) is 3.67. The van der Waals surface area contributed by atoms with Gasteiger partial charge in [0.25, 0.3) is 0 Å². The Balaban J connectivity index is 2.33. The Hall–Kier alpha value is -1.46. The van der Waals surface area contributed by atoms with Crippen LogP contribution in [0.3, 0.4) is 0 Å². The van der Waals surface area contributed by atoms with E-state index in [1.165, 1.54) is 0 Å². The Morgan fingerprint density at radius 1 is 1.27 bits per heavy atom. The largest absolute Gasteiger partial charge is 0.444 e. The van der Waals surface area contributed by atoms with E-state index >= 15 is 0 Å². The van der Waals surface area contributed by atoms with E-state index in [0.717, 1.165) is 25.8 Å². The lowest BCUT2D eigenvalue weighted by Gasteiger charge is -2.34. The van der Waals surface area contributed by atoms with Crippen LogP contribution in [0.4, 0.5) is 9.59 Å². The number of carbonyl (C=O) groups excluding carboxylic acids is 2. The minimum absolute atomic E-state index is 0.0172. The molecule has 0 atom stereocenters. The predicted octanol–water partition coefficient (Wildman–Crippen LogP) is 2.68. The summed E-state index contributed by atoms with van der Waals surface area (Å²) in [6.45, 7) is 10.5. The van der Waals surface area contributed by atoms with Crippen LogP contribution < -0.4 is 5.32 Å². The highest BCUT2D eigenvalue weighted by Gasteiger charge is 2.27. The molecule has 1 N–H and O–H groups in total. The summed E-state index contributed by atoms with van der Waals surface area (Å²) in [5, 5.41) is 2.88. The molecule has 1 saturated heterocycles. The molecule has 22 heavy (non-hydrogen) atoms. The molecular formula is C16H31N3O3. The molecule has 1 heterocycles. The first kappa shape index (κ1) is 18.6. The van der Waals surface area contributed by atoms with Gasteiger partial charge in [0.05, 0.1) is 0 Å². The summed E-state index contributed by atoms with van der Waals surface area (Å²) >= 11 is 0. The summed E-state index contributed by atoms with van der Waals surface area (Å²) < 4.78 is 5.39. The van der Waals surface area contributed by atoms with Crippen molar-refractivity contribution in [2.45, 2.75) is 52.6 Å². The molecule has 0 spiro atoms. The van der Waals surface area contributed by atoms with E-state index in [1.54, 1.807) is 9.80 Å². The zero-order valence-corrected chi connectivity index (χ0v) is 14.6. The van der Waals surface area contributed by atoms with Crippen LogP contribution in [-0.4, -0.2) is 60.8 Å². The second kappa shape index (κ2) is 8.25. The Morgan fingerprint density at radius 2 is 1.86 bits per heavy atom. The molecule has 1 fully saturated rings. The normalized spacial score (nSPS) is 16.3. The number of rotatable bonds is 4. The molecule has 0 aromatic rings. The number of nitrogens with one attached hydrogen (secondary N) is 1. The van der Waals surface area contributed by atoms with E-state index < -0.39 is 5.60 Å². The number of amides is 3. The van der Waals surface area contributed by atoms with Crippen molar-refractivity contribution < 1.29 is 14.3 Å². The number of urea groups is 1. The van der Waals surface area contributed by atoms with Gasteiger partial charge in [0.15, 0.2) is 0 Å². The Kier molecular flexibility index (Phi) is 6.97. The maximum absolute atomic E-state index is 12.0. The van der Waals surface area contributed by atoms with Gasteiger partial charge in [-0.25, -0.2) is 9.59 Å². The van der Waals surface area contributed by atoms with Gasteiger partial charge in [0.2, 0.25) is 0 Å². The van der Waals surface area contributed by atoms with Crippen molar-refractivity contribution in [3.63, 3.8) is 0 Å². The monoisotopic (exact) mass is 313 g/mol. The lowest BCUT2D eigenvalue weighted by molar-refractivity contribution is 0.0176. The molecular weight excluding hydrogens is 282 g/mol. The van der Waals surface area contributed by atoms with Crippen molar-refractivity contribution >= 4 is 12.1 Å². The third kappa shape index (κ3) is 6.54. The molecule has 0 aliphatic carbocycles. The first-order chi connectivity index (χ1) is 10.2. The van der Waals surface area contributed by atoms with E-state index in [-0.39, 0.29) is 12.1 Å². The highest BCUT2D eigenvalue weighted by Crippen LogP contribution is 2.20. The average Bonchev–Trinajstić information content (AvgIpc) is 2.43. The second-order valence-electron chi connectivity index (χ2n) is 7.02. The topological polar surface area (TPSA) is 61.9 Å². The molecule has 1 aliphatic rings. The lowest BCUT2D eigenvalue weighted by atomic mass is 9.96. The van der Waals surface area contributed by atoms with Gasteiger partial charge in [-0.15, -0.1) is 0 Å². The fourth-order valence-electron chi connectivity index (χ4n) is 2.46. The minimum Gasteiger partial charge on any atom is -0.444 e. The van der Waals surface area contributed by atoms with Crippen LogP contribution in [0.1, 0.15) is 47.0 Å². The third-order valence-electron chi connectivity index (χ3n) is 3.67. The van der Waals surface area contributed by atoms with Gasteiger partial charge in [-0.1, -0.05) is 6.92 Å². The fraction of sp³-hybridized carbons (Fsp3) is 0.875. The highest BCUT2D eigenvalue weighted by atomic mass is 16.6. The zero-order valence-electron chi connectivity index (χ0n) is 14.6. The Bertz CT molecular complexity index is 371. The van der Waals surface area contributed by atoms with Crippen LogP contribution in [0.25, 0.3) is 0 Å². The number of likely N-dealkylation sites (tertiary alicyclic amines) is 1. The Morgan fingerprint density at radius 3 is 2.36 bits per heavy atom. The summed E-state index contributed by atoms with van der Waals surface area (Å²) in [6.07, 6.45) is 2.52. The predicted molar refractivity (Wildman–Crippen MR) is 86.9 cm³/mol. The molecule has 0 aromatic carbocycles. The number of ether oxygens (including phenoxy) is 1. The quantitative estimate of drug-likeness (QED) is 0.868. The minimum atomic E-state index is -0.453. The van der Waals surface area contributed by atoms with E-state index in [1.807, 2.05) is 34.7 Å². The molecule has 1 aliphatic heterocycles. The van der Waals surface area contributed by atoms with Crippen molar-refractivity contribution in [1.29, 1.82) is 0 Å². The van der Waals surface area contributed by atoms with E-state index in [4.69, 9.17) is 4.74 Å². The molecule has 0 aromatic heterocycles. The van der Waals surface area contributed by atoms with Gasteiger partial charge in [-0.05, 0) is 46.0 Å². The molecule has 0 unspecified atom stereocenters. The Labute approximate surface area is 134 Å². The maximum Gasteiger partial charge on any atom is 0.410 e. The van der Waals surface area contributed by atoms with Gasteiger partial charge >= 0.3 is 12.1 Å². The molecule has 0 radical (unpaired) electrons. The van der Waals surface area contributed by atoms with Crippen molar-refractivity contribution in [3.8, 4) is 0 Å². The molecule has 6 heteroatoms. The molecule has 0 saturated carbocycles. The standard InChI is InChI=1S/C16H31N3O3/c1-6-9-17-14(20)18(5)12-13-7-10-19(11-8-13)15(21)22-16(2,3)4/h13H,6-12H2,1-5H3,(H,17,20). The van der Waals surface area contributed by atoms with E-state index in [2.05, 4.69) is 5.32 Å². The van der Waals surface area contributed by atoms with E-state index in [0.29, 0.717) is 25.6 Å². The van der Waals surface area contributed by atoms with Crippen LogP contribution >= 0.6 is 0 Å². The summed E-state index contributed by atoms with van der Waals surface area (Å²) in [4.78, 5) is 27.3. The average molecular weight is 313 g/mol. The van der Waals surface area contributed by atoms with Gasteiger partial charge < -0.3 is 19.9 Å². The zero-order chi connectivity index (χ0) is 16.8. The summed E-state index contributed by atoms with van der Waals surface area (Å²) in [7, 11) is 1.82. The van der Waals surface area contributed by atoms with Crippen molar-refractivity contribution in [2.24, 2.45) is 5.92 Å². The summed E-state index contributed by atoms with van der Waals surface area (Å²) in [5.74, 6) is 0.441. The smallest absolute Gasteiger partial charge is 0.410 e. The van der Waals surface area contributed by atoms with Crippen LogP contribution in [-0.2, 0) is 4.74 Å². The number of piperidine rings is 1. The first-order valence-electron chi connectivity index (χ1n) is 8.20. The van der Waals surface area contributed by atoms with E-state index in [9.17, 15) is 9.59 Å². The highest BCUT2D eigenvalue weighted by molar-refractivity contribution is 5.73. The number of nitrogens with zero attached hydrogens (tertiary/aromatic N) is 2. The number of hydrogen-bond donors (Lipinski definition) is 1. The summed E-state index contributed by atoms with van der Waals surface area (Å²) in [6, 6.07) is -0.0172. The van der Waals surface area contributed by atoms with Crippen molar-refractivity contribution in [3.05, 3.63) is 0 Å². The van der Waals surface area contributed by atoms with Gasteiger partial charge in [-0.3, -0.25) is 0 Å². The van der Waals surface area contributed by atoms with Crippen molar-refractivity contribution in [1.82, 2.24) is 15.1 Å². The molecule has 6 nitrogen and oxygen atoms in total. The number of hydrogen-bond acceptors (Lipinski definition) is 3. The van der Waals surface area contributed by atoms with Crippen molar-refractivity contribution in [2.75, 3.05) is 33.2 Å². The molecule has 3 amide bonds. The summed E-state index contributed by atoms with van der Waals surface area (Å²) in [5.41, 5.74) is -0.453. The number of carbonyl (C=O) groups is 2. The van der Waals surface area contributed by atoms with Crippen LogP contribution in [0, 0.1) is 5.92 Å². The van der Waals surface area contributed by atoms with Gasteiger partial charge in [-0.2, -0.15) is 0 Å². The maximum atomic E-state index is 12.0. The second-order valence-corrected chi connectivity index (χ2v) is 7.02.